The Morgan fingerprint density at radius 2 is 1.76 bits per heavy atom. The van der Waals surface area contributed by atoms with Crippen molar-refractivity contribution < 1.29 is 4.74 Å². The number of rotatable bonds is 6. The van der Waals surface area contributed by atoms with E-state index in [2.05, 4.69) is 16.7 Å². The molecule has 9 heteroatoms. The molecule has 1 atom stereocenters. The molecule has 2 aliphatic heterocycles. The van der Waals surface area contributed by atoms with E-state index in [4.69, 9.17) is 9.72 Å². The maximum Gasteiger partial charge on any atom is 0.332 e. The number of piperidine rings is 1. The summed E-state index contributed by atoms with van der Waals surface area (Å²) in [4.78, 5) is 36.0. The van der Waals surface area contributed by atoms with Crippen LogP contribution in [0.25, 0.3) is 11.2 Å². The van der Waals surface area contributed by atoms with Crippen LogP contribution in [-0.4, -0.2) is 56.4 Å². The zero-order valence-corrected chi connectivity index (χ0v) is 20.4. The van der Waals surface area contributed by atoms with Crippen molar-refractivity contribution in [3.8, 4) is 5.75 Å². The molecule has 1 aromatic carbocycles. The molecule has 4 heterocycles. The van der Waals surface area contributed by atoms with Crippen LogP contribution in [-0.2, 0) is 20.1 Å². The molecular formula is C25H34N6O3. The first-order valence-corrected chi connectivity index (χ1v) is 12.4. The van der Waals surface area contributed by atoms with Crippen LogP contribution in [0.2, 0.25) is 0 Å². The number of likely N-dealkylation sites (tertiary alicyclic amines) is 1. The summed E-state index contributed by atoms with van der Waals surface area (Å²) in [6, 6.07) is 7.94. The second kappa shape index (κ2) is 9.29. The number of anilines is 2. The highest BCUT2D eigenvalue weighted by atomic mass is 16.5. The first-order valence-electron chi connectivity index (χ1n) is 12.4. The van der Waals surface area contributed by atoms with Crippen molar-refractivity contribution in [1.82, 2.24) is 23.6 Å². The average molecular weight is 467 g/mol. The molecule has 5 rings (SSSR count). The van der Waals surface area contributed by atoms with Gasteiger partial charge in [0.05, 0.1) is 6.61 Å². The summed E-state index contributed by atoms with van der Waals surface area (Å²) in [5, 5.41) is 0. The average Bonchev–Trinajstić information content (AvgIpc) is 3.23. The van der Waals surface area contributed by atoms with Crippen molar-refractivity contribution in [2.75, 3.05) is 37.7 Å². The molecule has 1 fully saturated rings. The van der Waals surface area contributed by atoms with Crippen LogP contribution in [0.15, 0.2) is 33.9 Å². The van der Waals surface area contributed by atoms with Crippen molar-refractivity contribution in [2.24, 2.45) is 13.0 Å². The lowest BCUT2D eigenvalue weighted by Gasteiger charge is -2.33. The van der Waals surface area contributed by atoms with Gasteiger partial charge in [-0.25, -0.2) is 4.79 Å². The number of hydrogen-bond donors (Lipinski definition) is 0. The van der Waals surface area contributed by atoms with Crippen molar-refractivity contribution in [1.29, 1.82) is 0 Å². The van der Waals surface area contributed by atoms with Gasteiger partial charge in [0.1, 0.15) is 5.75 Å². The molecule has 0 saturated carbocycles. The van der Waals surface area contributed by atoms with Gasteiger partial charge in [0.25, 0.3) is 5.56 Å². The Morgan fingerprint density at radius 3 is 2.47 bits per heavy atom. The third kappa shape index (κ3) is 4.02. The van der Waals surface area contributed by atoms with Crippen LogP contribution in [0.4, 0.5) is 11.6 Å². The summed E-state index contributed by atoms with van der Waals surface area (Å²) in [5.41, 5.74) is 1.41. The molecule has 0 N–H and O–H groups in total. The molecule has 1 saturated heterocycles. The van der Waals surface area contributed by atoms with E-state index in [1.54, 1.807) is 7.05 Å². The molecule has 2 aliphatic rings. The Morgan fingerprint density at radius 1 is 1.03 bits per heavy atom. The molecule has 0 amide bonds. The van der Waals surface area contributed by atoms with Crippen molar-refractivity contribution in [3.05, 3.63) is 45.1 Å². The highest BCUT2D eigenvalue weighted by molar-refractivity contribution is 5.77. The molecule has 182 valence electrons. The van der Waals surface area contributed by atoms with Crippen molar-refractivity contribution >= 4 is 22.8 Å². The van der Waals surface area contributed by atoms with Crippen LogP contribution in [0.1, 0.15) is 33.1 Å². The summed E-state index contributed by atoms with van der Waals surface area (Å²) >= 11 is 0. The number of ether oxygens (including phenoxy) is 1. The van der Waals surface area contributed by atoms with Gasteiger partial charge in [-0.05, 0) is 63.0 Å². The maximum absolute atomic E-state index is 13.6. The monoisotopic (exact) mass is 466 g/mol. The van der Waals surface area contributed by atoms with Crippen LogP contribution < -0.4 is 20.9 Å². The van der Waals surface area contributed by atoms with Gasteiger partial charge in [-0.15, -0.1) is 0 Å². The van der Waals surface area contributed by atoms with Gasteiger partial charge in [-0.3, -0.25) is 13.9 Å². The lowest BCUT2D eigenvalue weighted by Crippen LogP contribution is -2.43. The molecule has 0 radical (unpaired) electrons. The maximum atomic E-state index is 13.6. The van der Waals surface area contributed by atoms with Crippen LogP contribution in [0.3, 0.4) is 0 Å². The first-order chi connectivity index (χ1) is 16.5. The van der Waals surface area contributed by atoms with Gasteiger partial charge >= 0.3 is 5.69 Å². The lowest BCUT2D eigenvalue weighted by molar-refractivity contribution is 0.218. The molecule has 0 spiro atoms. The fourth-order valence-electron chi connectivity index (χ4n) is 5.23. The second-order valence-electron chi connectivity index (χ2n) is 9.54. The predicted octanol–water partition coefficient (Wildman–Crippen LogP) is 2.57. The highest BCUT2D eigenvalue weighted by Gasteiger charge is 2.30. The van der Waals surface area contributed by atoms with E-state index in [0.29, 0.717) is 42.7 Å². The van der Waals surface area contributed by atoms with E-state index in [1.807, 2.05) is 35.8 Å². The lowest BCUT2D eigenvalue weighted by atomic mass is 10.1. The number of nitrogens with zero attached hydrogens (tertiary/aromatic N) is 6. The third-order valence-corrected chi connectivity index (χ3v) is 6.99. The van der Waals surface area contributed by atoms with Gasteiger partial charge in [-0.1, -0.05) is 13.3 Å². The molecule has 0 aliphatic carbocycles. The number of benzene rings is 1. The quantitative estimate of drug-likeness (QED) is 0.556. The van der Waals surface area contributed by atoms with E-state index in [1.165, 1.54) is 28.4 Å². The number of aryl methyl sites for hydroxylation is 1. The van der Waals surface area contributed by atoms with E-state index in [9.17, 15) is 9.59 Å². The molecule has 3 aromatic rings. The number of hydrogen-bond acceptors (Lipinski definition) is 6. The summed E-state index contributed by atoms with van der Waals surface area (Å²) < 4.78 is 10.5. The number of aromatic nitrogens is 4. The Kier molecular flexibility index (Phi) is 6.20. The fourth-order valence-corrected chi connectivity index (χ4v) is 5.23. The van der Waals surface area contributed by atoms with E-state index >= 15 is 0 Å². The van der Waals surface area contributed by atoms with Crippen molar-refractivity contribution in [3.63, 3.8) is 0 Å². The highest BCUT2D eigenvalue weighted by Crippen LogP contribution is 2.33. The van der Waals surface area contributed by atoms with Gasteiger partial charge in [0, 0.05) is 38.9 Å². The Balaban J connectivity index is 1.56. The standard InChI is InChI=1S/C25H34N6O3/c1-4-34-20-10-8-19(9-11-20)30-16-18(2)17-31-21-22(26-24(30)31)27(3)25(33)29(23(21)32)15-14-28-12-6-5-7-13-28/h8-11,18H,4-7,12-17H2,1-3H3/t18-/m0/s1. The largest absolute Gasteiger partial charge is 0.494 e. The van der Waals surface area contributed by atoms with Crippen LogP contribution in [0.5, 0.6) is 5.75 Å². The zero-order valence-electron chi connectivity index (χ0n) is 20.4. The summed E-state index contributed by atoms with van der Waals surface area (Å²) in [6.07, 6.45) is 3.62. The number of imidazole rings is 1. The van der Waals surface area contributed by atoms with E-state index in [0.717, 1.165) is 37.6 Å². The third-order valence-electron chi connectivity index (χ3n) is 6.99. The molecule has 0 bridgehead atoms. The van der Waals surface area contributed by atoms with E-state index < -0.39 is 0 Å². The van der Waals surface area contributed by atoms with Crippen LogP contribution in [0, 0.1) is 5.92 Å². The van der Waals surface area contributed by atoms with Crippen molar-refractivity contribution in [2.45, 2.75) is 46.2 Å². The Hall–Kier alpha value is -3.07. The number of fused-ring (bicyclic) bond motifs is 3. The predicted molar refractivity (Wildman–Crippen MR) is 133 cm³/mol. The SMILES string of the molecule is CCOc1ccc(N2C[C@H](C)Cn3c2nc2c3c(=O)n(CCN3CCCCC3)c(=O)n2C)cc1. The van der Waals surface area contributed by atoms with Gasteiger partial charge in [0.2, 0.25) is 5.95 Å². The minimum atomic E-state index is -0.300. The molecule has 2 aromatic heterocycles. The second-order valence-corrected chi connectivity index (χ2v) is 9.54. The zero-order chi connectivity index (χ0) is 23.8. The summed E-state index contributed by atoms with van der Waals surface area (Å²) in [5.74, 6) is 1.84. The fraction of sp³-hybridized carbons (Fsp3) is 0.560. The molecular weight excluding hydrogens is 432 g/mol. The van der Waals surface area contributed by atoms with Gasteiger partial charge in [-0.2, -0.15) is 4.98 Å². The van der Waals surface area contributed by atoms with Crippen LogP contribution >= 0.6 is 0 Å². The Bertz CT molecular complexity index is 1280. The first kappa shape index (κ1) is 22.7. The molecule has 9 nitrogen and oxygen atoms in total. The minimum absolute atomic E-state index is 0.241. The van der Waals surface area contributed by atoms with Gasteiger partial charge in [0.15, 0.2) is 11.2 Å². The molecule has 0 unspecified atom stereocenters. The summed E-state index contributed by atoms with van der Waals surface area (Å²) in [7, 11) is 1.71. The Labute approximate surface area is 199 Å². The van der Waals surface area contributed by atoms with Gasteiger partial charge < -0.3 is 19.1 Å². The smallest absolute Gasteiger partial charge is 0.332 e. The summed E-state index contributed by atoms with van der Waals surface area (Å²) in [6.45, 7) is 9.43. The van der Waals surface area contributed by atoms with E-state index in [-0.39, 0.29) is 11.2 Å². The minimum Gasteiger partial charge on any atom is -0.494 e. The normalized spacial score (nSPS) is 18.9. The molecule has 34 heavy (non-hydrogen) atoms. The topological polar surface area (TPSA) is 77.5 Å².